The van der Waals surface area contributed by atoms with Crippen LogP contribution in [0.3, 0.4) is 0 Å². The average Bonchev–Trinajstić information content (AvgIpc) is 2.98. The SMILES string of the molecule is Cc1ccc(C2=C(N3CCN(C)CC3)C(=O)N(CCc3ccccc3)C2=O)c(C)c1. The predicted octanol–water partition coefficient (Wildman–Crippen LogP) is 2.87. The Hall–Kier alpha value is -2.92. The third-order valence-corrected chi connectivity index (χ3v) is 6.08. The summed E-state index contributed by atoms with van der Waals surface area (Å²) in [5.41, 5.74) is 5.32. The summed E-state index contributed by atoms with van der Waals surface area (Å²) in [5.74, 6) is -0.327. The van der Waals surface area contributed by atoms with E-state index in [1.165, 1.54) is 4.90 Å². The van der Waals surface area contributed by atoms with Gasteiger partial charge in [-0.25, -0.2) is 0 Å². The molecule has 0 spiro atoms. The molecule has 5 nitrogen and oxygen atoms in total. The Morgan fingerprint density at radius 3 is 2.23 bits per heavy atom. The molecule has 0 N–H and O–H groups in total. The normalized spacial score (nSPS) is 18.0. The zero-order valence-electron chi connectivity index (χ0n) is 18.0. The standard InChI is InChI=1S/C25H29N3O2/c1-18-9-10-21(19(2)17-18)22-23(27-15-13-26(3)14-16-27)25(30)28(24(22)29)12-11-20-7-5-4-6-8-20/h4-10,17H,11-16H2,1-3H3. The van der Waals surface area contributed by atoms with Gasteiger partial charge in [-0.05, 0) is 44.0 Å². The highest BCUT2D eigenvalue weighted by atomic mass is 16.2. The fourth-order valence-corrected chi connectivity index (χ4v) is 4.31. The molecular weight excluding hydrogens is 374 g/mol. The van der Waals surface area contributed by atoms with Crippen LogP contribution in [0.25, 0.3) is 5.57 Å². The molecule has 2 amide bonds. The first-order valence-electron chi connectivity index (χ1n) is 10.6. The lowest BCUT2D eigenvalue weighted by Gasteiger charge is -2.34. The van der Waals surface area contributed by atoms with Crippen molar-refractivity contribution in [1.29, 1.82) is 0 Å². The molecule has 0 aliphatic carbocycles. The van der Waals surface area contributed by atoms with E-state index in [-0.39, 0.29) is 11.8 Å². The number of hydrogen-bond donors (Lipinski definition) is 0. The Bertz CT molecular complexity index is 989. The van der Waals surface area contributed by atoms with Crippen LogP contribution in [-0.4, -0.2) is 66.3 Å². The van der Waals surface area contributed by atoms with Crippen LogP contribution in [0.1, 0.15) is 22.3 Å². The first kappa shape index (κ1) is 20.4. The molecule has 2 aliphatic rings. The largest absolute Gasteiger partial charge is 0.364 e. The van der Waals surface area contributed by atoms with Crippen molar-refractivity contribution in [3.8, 4) is 0 Å². The number of likely N-dealkylation sites (N-methyl/N-ethyl adjacent to an activating group) is 1. The molecule has 30 heavy (non-hydrogen) atoms. The molecule has 2 aromatic rings. The van der Waals surface area contributed by atoms with E-state index in [2.05, 4.69) is 22.9 Å². The van der Waals surface area contributed by atoms with Crippen LogP contribution in [-0.2, 0) is 16.0 Å². The number of aryl methyl sites for hydroxylation is 2. The molecule has 2 aromatic carbocycles. The third-order valence-electron chi connectivity index (χ3n) is 6.08. The van der Waals surface area contributed by atoms with Gasteiger partial charge in [0.2, 0.25) is 0 Å². The van der Waals surface area contributed by atoms with E-state index in [1.54, 1.807) is 0 Å². The van der Waals surface area contributed by atoms with Crippen molar-refractivity contribution in [2.75, 3.05) is 39.8 Å². The number of imide groups is 1. The molecule has 4 rings (SSSR count). The summed E-state index contributed by atoms with van der Waals surface area (Å²) in [6, 6.07) is 16.1. The summed E-state index contributed by atoms with van der Waals surface area (Å²) in [6.07, 6.45) is 0.661. The number of benzene rings is 2. The molecule has 1 saturated heterocycles. The molecule has 1 fully saturated rings. The lowest BCUT2D eigenvalue weighted by atomic mass is 9.97. The summed E-state index contributed by atoms with van der Waals surface area (Å²) in [7, 11) is 2.09. The highest BCUT2D eigenvalue weighted by molar-refractivity contribution is 6.35. The minimum atomic E-state index is -0.170. The van der Waals surface area contributed by atoms with Gasteiger partial charge in [0.1, 0.15) is 5.70 Å². The smallest absolute Gasteiger partial charge is 0.277 e. The predicted molar refractivity (Wildman–Crippen MR) is 119 cm³/mol. The average molecular weight is 404 g/mol. The maximum absolute atomic E-state index is 13.5. The molecule has 0 unspecified atom stereocenters. The number of piperazine rings is 1. The van der Waals surface area contributed by atoms with Crippen molar-refractivity contribution in [2.45, 2.75) is 20.3 Å². The van der Waals surface area contributed by atoms with Crippen LogP contribution in [0.15, 0.2) is 54.2 Å². The Balaban J connectivity index is 1.69. The van der Waals surface area contributed by atoms with Crippen molar-refractivity contribution in [2.24, 2.45) is 0 Å². The molecule has 0 saturated carbocycles. The van der Waals surface area contributed by atoms with Gasteiger partial charge in [0, 0.05) is 32.7 Å². The summed E-state index contributed by atoms with van der Waals surface area (Å²) < 4.78 is 0. The Labute approximate surface area is 178 Å². The monoisotopic (exact) mass is 403 g/mol. The Morgan fingerprint density at radius 1 is 0.867 bits per heavy atom. The second kappa shape index (κ2) is 8.44. The van der Waals surface area contributed by atoms with Crippen molar-refractivity contribution in [3.05, 3.63) is 76.5 Å². The molecule has 2 heterocycles. The van der Waals surface area contributed by atoms with Gasteiger partial charge in [-0.3, -0.25) is 14.5 Å². The zero-order chi connectivity index (χ0) is 21.3. The van der Waals surface area contributed by atoms with E-state index in [9.17, 15) is 9.59 Å². The topological polar surface area (TPSA) is 43.9 Å². The molecule has 156 valence electrons. The van der Waals surface area contributed by atoms with Gasteiger partial charge in [-0.2, -0.15) is 0 Å². The number of rotatable bonds is 5. The molecular formula is C25H29N3O2. The van der Waals surface area contributed by atoms with E-state index < -0.39 is 0 Å². The molecule has 0 bridgehead atoms. The van der Waals surface area contributed by atoms with Gasteiger partial charge in [-0.1, -0.05) is 54.1 Å². The van der Waals surface area contributed by atoms with Crippen LogP contribution in [0.5, 0.6) is 0 Å². The summed E-state index contributed by atoms with van der Waals surface area (Å²) in [5, 5.41) is 0. The van der Waals surface area contributed by atoms with Crippen LogP contribution < -0.4 is 0 Å². The summed E-state index contributed by atoms with van der Waals surface area (Å²) in [4.78, 5) is 32.8. The third kappa shape index (κ3) is 3.90. The molecule has 0 atom stereocenters. The fraction of sp³-hybridized carbons (Fsp3) is 0.360. The van der Waals surface area contributed by atoms with E-state index in [4.69, 9.17) is 0 Å². The fourth-order valence-electron chi connectivity index (χ4n) is 4.31. The zero-order valence-corrected chi connectivity index (χ0v) is 18.0. The highest BCUT2D eigenvalue weighted by Crippen LogP contribution is 2.34. The van der Waals surface area contributed by atoms with Gasteiger partial charge in [0.15, 0.2) is 0 Å². The highest BCUT2D eigenvalue weighted by Gasteiger charge is 2.42. The summed E-state index contributed by atoms with van der Waals surface area (Å²) in [6.45, 7) is 7.73. The van der Waals surface area contributed by atoms with E-state index in [0.29, 0.717) is 24.2 Å². The number of carbonyl (C=O) groups excluding carboxylic acids is 2. The van der Waals surface area contributed by atoms with Crippen molar-refractivity contribution in [3.63, 3.8) is 0 Å². The van der Waals surface area contributed by atoms with Crippen LogP contribution in [0.4, 0.5) is 0 Å². The van der Waals surface area contributed by atoms with Gasteiger partial charge in [0.05, 0.1) is 5.57 Å². The molecule has 0 radical (unpaired) electrons. The lowest BCUT2D eigenvalue weighted by molar-refractivity contribution is -0.137. The number of amides is 2. The van der Waals surface area contributed by atoms with Gasteiger partial charge in [0.25, 0.3) is 11.8 Å². The molecule has 0 aromatic heterocycles. The quantitative estimate of drug-likeness (QED) is 0.720. The number of carbonyl (C=O) groups is 2. The minimum Gasteiger partial charge on any atom is -0.364 e. The molecule has 5 heteroatoms. The first-order chi connectivity index (χ1) is 14.5. The van der Waals surface area contributed by atoms with Gasteiger partial charge < -0.3 is 9.80 Å². The van der Waals surface area contributed by atoms with Crippen molar-refractivity contribution in [1.82, 2.24) is 14.7 Å². The molecule has 2 aliphatic heterocycles. The Morgan fingerprint density at radius 2 is 1.57 bits per heavy atom. The second-order valence-corrected chi connectivity index (χ2v) is 8.33. The van der Waals surface area contributed by atoms with Gasteiger partial charge >= 0.3 is 0 Å². The first-order valence-corrected chi connectivity index (χ1v) is 10.6. The maximum Gasteiger partial charge on any atom is 0.277 e. The summed E-state index contributed by atoms with van der Waals surface area (Å²) >= 11 is 0. The van der Waals surface area contributed by atoms with Crippen molar-refractivity contribution < 1.29 is 9.59 Å². The second-order valence-electron chi connectivity index (χ2n) is 8.33. The number of hydrogen-bond acceptors (Lipinski definition) is 4. The minimum absolute atomic E-state index is 0.157. The van der Waals surface area contributed by atoms with Crippen LogP contribution in [0.2, 0.25) is 0 Å². The van der Waals surface area contributed by atoms with E-state index >= 15 is 0 Å². The lowest BCUT2D eigenvalue weighted by Crippen LogP contribution is -2.46. The van der Waals surface area contributed by atoms with E-state index in [1.807, 2.05) is 56.3 Å². The van der Waals surface area contributed by atoms with Crippen LogP contribution >= 0.6 is 0 Å². The van der Waals surface area contributed by atoms with Crippen molar-refractivity contribution >= 4 is 17.4 Å². The van der Waals surface area contributed by atoms with Crippen LogP contribution in [0, 0.1) is 13.8 Å². The number of nitrogens with zero attached hydrogens (tertiary/aromatic N) is 3. The van der Waals surface area contributed by atoms with Gasteiger partial charge in [-0.15, -0.1) is 0 Å². The Kier molecular flexibility index (Phi) is 5.73. The van der Waals surface area contributed by atoms with E-state index in [0.717, 1.165) is 48.4 Å². The maximum atomic E-state index is 13.5.